The first-order valence-electron chi connectivity index (χ1n) is 9.81. The molecule has 1 saturated heterocycles. The zero-order valence-corrected chi connectivity index (χ0v) is 16.0. The fourth-order valence-corrected chi connectivity index (χ4v) is 4.50. The molecule has 6 nitrogen and oxygen atoms in total. The maximum Gasteiger partial charge on any atom is 0.159 e. The largest absolute Gasteiger partial charge is 0.369 e. The second-order valence-corrected chi connectivity index (χ2v) is 7.74. The Morgan fingerprint density at radius 1 is 1.11 bits per heavy atom. The second-order valence-electron chi connectivity index (χ2n) is 7.74. The molecular weight excluding hydrogens is 336 g/mol. The third-order valence-corrected chi connectivity index (χ3v) is 5.95. The van der Waals surface area contributed by atoms with Gasteiger partial charge in [0, 0.05) is 58.2 Å². The van der Waals surface area contributed by atoms with Gasteiger partial charge in [-0.05, 0) is 35.2 Å². The van der Waals surface area contributed by atoms with Gasteiger partial charge in [-0.25, -0.2) is 4.98 Å². The average molecular weight is 362 g/mol. The zero-order valence-electron chi connectivity index (χ0n) is 16.0. The molecule has 6 heteroatoms. The molecule has 1 fully saturated rings. The Labute approximate surface area is 159 Å². The molecule has 0 amide bonds. The van der Waals surface area contributed by atoms with Crippen LogP contribution in [0.5, 0.6) is 0 Å². The van der Waals surface area contributed by atoms with Crippen LogP contribution >= 0.6 is 0 Å². The maximum absolute atomic E-state index is 4.49. The maximum atomic E-state index is 4.49. The molecule has 1 unspecified atom stereocenters. The second kappa shape index (κ2) is 6.53. The van der Waals surface area contributed by atoms with Gasteiger partial charge in [-0.3, -0.25) is 4.68 Å². The van der Waals surface area contributed by atoms with Crippen LogP contribution in [-0.2, 0) is 13.6 Å². The van der Waals surface area contributed by atoms with Crippen LogP contribution < -0.4 is 15.1 Å². The summed E-state index contributed by atoms with van der Waals surface area (Å²) in [6, 6.07) is 9.18. The summed E-state index contributed by atoms with van der Waals surface area (Å²) >= 11 is 0. The number of fused-ring (bicyclic) bond motifs is 2. The van der Waals surface area contributed by atoms with Gasteiger partial charge >= 0.3 is 0 Å². The van der Waals surface area contributed by atoms with Crippen LogP contribution in [-0.4, -0.2) is 47.5 Å². The molecule has 4 heterocycles. The van der Waals surface area contributed by atoms with Crippen LogP contribution in [0.3, 0.4) is 0 Å². The number of nitrogens with zero attached hydrogens (tertiary/aromatic N) is 5. The number of nitrogens with one attached hydrogen (secondary N) is 1. The molecule has 2 aromatic heterocycles. The number of benzene rings is 1. The van der Waals surface area contributed by atoms with Gasteiger partial charge in [0.15, 0.2) is 5.65 Å². The predicted octanol–water partition coefficient (Wildman–Crippen LogP) is 2.50. The lowest BCUT2D eigenvalue weighted by Gasteiger charge is -2.36. The van der Waals surface area contributed by atoms with Crippen molar-refractivity contribution >= 4 is 22.4 Å². The Kier molecular flexibility index (Phi) is 4.01. The van der Waals surface area contributed by atoms with Gasteiger partial charge < -0.3 is 15.1 Å². The Morgan fingerprint density at radius 3 is 2.81 bits per heavy atom. The van der Waals surface area contributed by atoms with Gasteiger partial charge in [0.25, 0.3) is 0 Å². The van der Waals surface area contributed by atoms with Gasteiger partial charge in [0.05, 0.1) is 17.3 Å². The van der Waals surface area contributed by atoms with Crippen LogP contribution in [0, 0.1) is 0 Å². The minimum absolute atomic E-state index is 0.497. The molecule has 0 aliphatic carbocycles. The molecule has 1 N–H and O–H groups in total. The van der Waals surface area contributed by atoms with E-state index in [4.69, 9.17) is 0 Å². The van der Waals surface area contributed by atoms with E-state index in [1.807, 2.05) is 24.1 Å². The van der Waals surface area contributed by atoms with E-state index >= 15 is 0 Å². The van der Waals surface area contributed by atoms with E-state index in [1.165, 1.54) is 22.5 Å². The SMILES string of the molecule is CC1CN(c2ccnc3c2cnn3C)Cc2ccc(N3CCNCC3)cc21. The Morgan fingerprint density at radius 2 is 1.96 bits per heavy atom. The minimum atomic E-state index is 0.497. The van der Waals surface area contributed by atoms with Crippen molar-refractivity contribution in [3.8, 4) is 0 Å². The zero-order chi connectivity index (χ0) is 18.4. The minimum Gasteiger partial charge on any atom is -0.369 e. The highest BCUT2D eigenvalue weighted by Gasteiger charge is 2.25. The van der Waals surface area contributed by atoms with Crippen LogP contribution in [0.2, 0.25) is 0 Å². The molecule has 0 bridgehead atoms. The number of hydrogen-bond acceptors (Lipinski definition) is 5. The van der Waals surface area contributed by atoms with E-state index in [0.29, 0.717) is 5.92 Å². The van der Waals surface area contributed by atoms with Crippen molar-refractivity contribution in [2.45, 2.75) is 19.4 Å². The standard InChI is InChI=1S/C21H26N6/c1-15-13-27(20-5-6-23-21-19(20)12-24-25(21)2)14-16-3-4-17(11-18(15)16)26-9-7-22-8-10-26/h3-6,11-12,15,22H,7-10,13-14H2,1-2H3. The molecule has 0 spiro atoms. The third kappa shape index (κ3) is 2.84. The summed E-state index contributed by atoms with van der Waals surface area (Å²) in [7, 11) is 1.95. The number of rotatable bonds is 2. The van der Waals surface area contributed by atoms with Gasteiger partial charge in [0.1, 0.15) is 0 Å². The highest BCUT2D eigenvalue weighted by atomic mass is 15.3. The van der Waals surface area contributed by atoms with Gasteiger partial charge in [-0.2, -0.15) is 5.10 Å². The number of hydrogen-bond donors (Lipinski definition) is 1. The summed E-state index contributed by atoms with van der Waals surface area (Å²) < 4.78 is 1.85. The molecule has 140 valence electrons. The van der Waals surface area contributed by atoms with Crippen molar-refractivity contribution in [3.63, 3.8) is 0 Å². The van der Waals surface area contributed by atoms with E-state index in [2.05, 4.69) is 56.4 Å². The Balaban J connectivity index is 1.47. The monoisotopic (exact) mass is 362 g/mol. The van der Waals surface area contributed by atoms with Crippen LogP contribution in [0.1, 0.15) is 24.0 Å². The lowest BCUT2D eigenvalue weighted by Crippen LogP contribution is -2.43. The molecule has 2 aliphatic heterocycles. The summed E-state index contributed by atoms with van der Waals surface area (Å²) in [6.45, 7) is 8.63. The summed E-state index contributed by atoms with van der Waals surface area (Å²) in [5.74, 6) is 0.497. The summed E-state index contributed by atoms with van der Waals surface area (Å²) in [5.41, 5.74) is 6.48. The number of aromatic nitrogens is 3. The molecule has 3 aromatic rings. The first-order chi connectivity index (χ1) is 13.2. The highest BCUT2D eigenvalue weighted by molar-refractivity contribution is 5.89. The van der Waals surface area contributed by atoms with Crippen molar-refractivity contribution in [2.24, 2.45) is 7.05 Å². The molecule has 27 heavy (non-hydrogen) atoms. The van der Waals surface area contributed by atoms with Gasteiger partial charge in [-0.15, -0.1) is 0 Å². The van der Waals surface area contributed by atoms with Crippen LogP contribution in [0.25, 0.3) is 11.0 Å². The number of pyridine rings is 1. The summed E-state index contributed by atoms with van der Waals surface area (Å²) in [6.07, 6.45) is 3.83. The average Bonchev–Trinajstić information content (AvgIpc) is 3.09. The van der Waals surface area contributed by atoms with Crippen LogP contribution in [0.15, 0.2) is 36.7 Å². The summed E-state index contributed by atoms with van der Waals surface area (Å²) in [4.78, 5) is 9.46. The molecular formula is C21H26N6. The number of aryl methyl sites for hydroxylation is 1. The molecule has 2 aliphatic rings. The lowest BCUT2D eigenvalue weighted by atomic mass is 9.90. The van der Waals surface area contributed by atoms with Crippen molar-refractivity contribution in [1.82, 2.24) is 20.1 Å². The highest BCUT2D eigenvalue weighted by Crippen LogP contribution is 2.36. The number of anilines is 2. The van der Waals surface area contributed by atoms with Crippen molar-refractivity contribution in [3.05, 3.63) is 47.8 Å². The molecule has 0 radical (unpaired) electrons. The molecule has 0 saturated carbocycles. The number of piperazine rings is 1. The van der Waals surface area contributed by atoms with E-state index < -0.39 is 0 Å². The van der Waals surface area contributed by atoms with E-state index in [-0.39, 0.29) is 0 Å². The van der Waals surface area contributed by atoms with Gasteiger partial charge in [0.2, 0.25) is 0 Å². The van der Waals surface area contributed by atoms with Crippen molar-refractivity contribution in [2.75, 3.05) is 42.5 Å². The van der Waals surface area contributed by atoms with Crippen LogP contribution in [0.4, 0.5) is 11.4 Å². The fourth-order valence-electron chi connectivity index (χ4n) is 4.50. The molecule has 1 aromatic carbocycles. The normalized spacial score (nSPS) is 20.1. The first kappa shape index (κ1) is 16.6. The van der Waals surface area contributed by atoms with Crippen molar-refractivity contribution in [1.29, 1.82) is 0 Å². The quantitative estimate of drug-likeness (QED) is 0.759. The van der Waals surface area contributed by atoms with Crippen molar-refractivity contribution < 1.29 is 0 Å². The van der Waals surface area contributed by atoms with Gasteiger partial charge in [-0.1, -0.05) is 13.0 Å². The Hall–Kier alpha value is -2.60. The first-order valence-corrected chi connectivity index (χ1v) is 9.81. The summed E-state index contributed by atoms with van der Waals surface area (Å²) in [5, 5.41) is 8.96. The topological polar surface area (TPSA) is 49.2 Å². The Bertz CT molecular complexity index is 972. The lowest BCUT2D eigenvalue weighted by molar-refractivity contribution is 0.587. The van der Waals surface area contributed by atoms with E-state index in [9.17, 15) is 0 Å². The predicted molar refractivity (Wildman–Crippen MR) is 109 cm³/mol. The van der Waals surface area contributed by atoms with E-state index in [1.54, 1.807) is 0 Å². The third-order valence-electron chi connectivity index (χ3n) is 5.95. The fraction of sp³-hybridized carbons (Fsp3) is 0.429. The molecule has 1 atom stereocenters. The smallest absolute Gasteiger partial charge is 0.159 e. The molecule has 5 rings (SSSR count). The van der Waals surface area contributed by atoms with E-state index in [0.717, 1.165) is 50.3 Å².